The highest BCUT2D eigenvalue weighted by molar-refractivity contribution is 7.88. The Hall–Kier alpha value is -0.330. The zero-order chi connectivity index (χ0) is 15.3. The Bertz CT molecular complexity index is 547. The van der Waals surface area contributed by atoms with Gasteiger partial charge in [0.1, 0.15) is 0 Å². The van der Waals surface area contributed by atoms with Gasteiger partial charge < -0.3 is 5.11 Å². The van der Waals surface area contributed by atoms with Gasteiger partial charge in [-0.25, -0.2) is 13.1 Å². The minimum absolute atomic E-state index is 0.0157. The van der Waals surface area contributed by atoms with E-state index in [-0.39, 0.29) is 12.3 Å². The Kier molecular flexibility index (Phi) is 6.75. The highest BCUT2D eigenvalue weighted by atomic mass is 35.5. The second-order valence-electron chi connectivity index (χ2n) is 5.14. The molecule has 0 saturated carbocycles. The topological polar surface area (TPSA) is 66.4 Å². The Morgan fingerprint density at radius 3 is 2.45 bits per heavy atom. The van der Waals surface area contributed by atoms with Gasteiger partial charge in [-0.2, -0.15) is 0 Å². The number of aliphatic hydroxyl groups is 1. The molecular formula is C13H19Cl2NO3S. The third-order valence-corrected chi connectivity index (χ3v) is 4.68. The molecule has 1 aromatic rings. The number of benzene rings is 1. The Morgan fingerprint density at radius 1 is 1.25 bits per heavy atom. The summed E-state index contributed by atoms with van der Waals surface area (Å²) in [7, 11) is -3.51. The first kappa shape index (κ1) is 17.7. The van der Waals surface area contributed by atoms with Gasteiger partial charge in [-0.3, -0.25) is 0 Å². The number of hydrogen-bond donors (Lipinski definition) is 2. The van der Waals surface area contributed by atoms with E-state index < -0.39 is 16.1 Å². The maximum absolute atomic E-state index is 11.9. The van der Waals surface area contributed by atoms with E-state index in [0.717, 1.165) is 0 Å². The van der Waals surface area contributed by atoms with Crippen molar-refractivity contribution in [1.82, 2.24) is 4.72 Å². The summed E-state index contributed by atoms with van der Waals surface area (Å²) in [6.07, 6.45) is -0.131. The van der Waals surface area contributed by atoms with Crippen molar-refractivity contribution in [1.29, 1.82) is 0 Å². The van der Waals surface area contributed by atoms with Crippen LogP contribution in [0.15, 0.2) is 18.2 Å². The summed E-state index contributed by atoms with van der Waals surface area (Å²) in [6.45, 7) is 3.95. The largest absolute Gasteiger partial charge is 0.392 e. The van der Waals surface area contributed by atoms with E-state index in [4.69, 9.17) is 23.2 Å². The summed E-state index contributed by atoms with van der Waals surface area (Å²) >= 11 is 11.6. The van der Waals surface area contributed by atoms with Crippen LogP contribution < -0.4 is 4.72 Å². The first-order chi connectivity index (χ1) is 9.19. The highest BCUT2D eigenvalue weighted by Crippen LogP contribution is 2.23. The van der Waals surface area contributed by atoms with Crippen LogP contribution in [0.25, 0.3) is 0 Å². The van der Waals surface area contributed by atoms with Gasteiger partial charge in [0.2, 0.25) is 10.0 Å². The van der Waals surface area contributed by atoms with Crippen LogP contribution in [0.5, 0.6) is 0 Å². The van der Waals surface area contributed by atoms with Crippen molar-refractivity contribution in [2.24, 2.45) is 5.92 Å². The van der Waals surface area contributed by atoms with Gasteiger partial charge in [-0.1, -0.05) is 43.1 Å². The number of sulfonamides is 1. The average Bonchev–Trinajstić information content (AvgIpc) is 2.30. The standard InChI is InChI=1S/C13H19Cl2NO3S/c1-9(2)5-11(17)7-16-20(18,19)8-10-3-4-12(14)13(15)6-10/h3-4,6,9,11,16-17H,5,7-8H2,1-2H3. The zero-order valence-corrected chi connectivity index (χ0v) is 13.8. The lowest BCUT2D eigenvalue weighted by Crippen LogP contribution is -2.33. The average molecular weight is 340 g/mol. The molecule has 114 valence electrons. The number of aliphatic hydroxyl groups excluding tert-OH is 1. The van der Waals surface area contributed by atoms with Gasteiger partial charge in [0.05, 0.1) is 21.9 Å². The molecule has 20 heavy (non-hydrogen) atoms. The molecule has 0 bridgehead atoms. The lowest BCUT2D eigenvalue weighted by atomic mass is 10.1. The molecule has 2 N–H and O–H groups in total. The van der Waals surface area contributed by atoms with Crippen molar-refractivity contribution in [3.63, 3.8) is 0 Å². The number of hydrogen-bond acceptors (Lipinski definition) is 3. The van der Waals surface area contributed by atoms with E-state index in [2.05, 4.69) is 4.72 Å². The van der Waals surface area contributed by atoms with Crippen LogP contribution in [-0.2, 0) is 15.8 Å². The number of halogens is 2. The zero-order valence-electron chi connectivity index (χ0n) is 11.4. The van der Waals surface area contributed by atoms with Crippen molar-refractivity contribution in [2.75, 3.05) is 6.54 Å². The molecule has 1 unspecified atom stereocenters. The molecule has 0 aliphatic heterocycles. The summed E-state index contributed by atoms with van der Waals surface area (Å²) in [5.74, 6) is 0.114. The summed E-state index contributed by atoms with van der Waals surface area (Å²) in [5.41, 5.74) is 0.547. The van der Waals surface area contributed by atoms with E-state index in [1.807, 2.05) is 13.8 Å². The fourth-order valence-corrected chi connectivity index (χ4v) is 3.24. The molecule has 0 spiro atoms. The molecule has 0 saturated heterocycles. The summed E-state index contributed by atoms with van der Waals surface area (Å²) in [4.78, 5) is 0. The highest BCUT2D eigenvalue weighted by Gasteiger charge is 2.15. The van der Waals surface area contributed by atoms with Crippen LogP contribution in [0.3, 0.4) is 0 Å². The van der Waals surface area contributed by atoms with E-state index in [0.29, 0.717) is 27.9 Å². The third kappa shape index (κ3) is 6.41. The van der Waals surface area contributed by atoms with E-state index in [9.17, 15) is 13.5 Å². The predicted molar refractivity (Wildman–Crippen MR) is 82.6 cm³/mol. The van der Waals surface area contributed by atoms with Gasteiger partial charge in [0, 0.05) is 6.54 Å². The predicted octanol–water partition coefficient (Wildman–Crippen LogP) is 2.82. The fraction of sp³-hybridized carbons (Fsp3) is 0.538. The van der Waals surface area contributed by atoms with Gasteiger partial charge >= 0.3 is 0 Å². The van der Waals surface area contributed by atoms with E-state index in [1.165, 1.54) is 6.07 Å². The molecule has 0 aliphatic carbocycles. The van der Waals surface area contributed by atoms with Crippen LogP contribution in [0.4, 0.5) is 0 Å². The Morgan fingerprint density at radius 2 is 1.90 bits per heavy atom. The lowest BCUT2D eigenvalue weighted by molar-refractivity contribution is 0.152. The molecule has 1 atom stereocenters. The number of nitrogens with one attached hydrogen (secondary N) is 1. The quantitative estimate of drug-likeness (QED) is 0.802. The molecule has 0 aliphatic rings. The maximum Gasteiger partial charge on any atom is 0.215 e. The van der Waals surface area contributed by atoms with Gasteiger partial charge in [-0.15, -0.1) is 0 Å². The van der Waals surface area contributed by atoms with Crippen molar-refractivity contribution in [3.8, 4) is 0 Å². The van der Waals surface area contributed by atoms with Gasteiger partial charge in [-0.05, 0) is 30.0 Å². The SMILES string of the molecule is CC(C)CC(O)CNS(=O)(=O)Cc1ccc(Cl)c(Cl)c1. The van der Waals surface area contributed by atoms with Crippen molar-refractivity contribution < 1.29 is 13.5 Å². The fourth-order valence-electron chi connectivity index (χ4n) is 1.75. The second kappa shape index (κ2) is 7.61. The van der Waals surface area contributed by atoms with Gasteiger partial charge in [0.25, 0.3) is 0 Å². The van der Waals surface area contributed by atoms with Crippen LogP contribution in [0.1, 0.15) is 25.8 Å². The Balaban J connectivity index is 2.59. The molecule has 0 fully saturated rings. The molecule has 0 amide bonds. The van der Waals surface area contributed by atoms with Crippen LogP contribution in [-0.4, -0.2) is 26.2 Å². The minimum atomic E-state index is -3.51. The maximum atomic E-state index is 11.9. The Labute approximate surface area is 130 Å². The monoisotopic (exact) mass is 339 g/mol. The third-order valence-electron chi connectivity index (χ3n) is 2.62. The molecule has 0 aromatic heterocycles. The summed E-state index contributed by atoms with van der Waals surface area (Å²) < 4.78 is 26.2. The van der Waals surface area contributed by atoms with Crippen molar-refractivity contribution in [2.45, 2.75) is 32.1 Å². The summed E-state index contributed by atoms with van der Waals surface area (Å²) in [5, 5.41) is 10.4. The van der Waals surface area contributed by atoms with E-state index in [1.54, 1.807) is 12.1 Å². The summed E-state index contributed by atoms with van der Waals surface area (Å²) in [6, 6.07) is 4.69. The van der Waals surface area contributed by atoms with E-state index >= 15 is 0 Å². The molecule has 0 radical (unpaired) electrons. The molecule has 4 nitrogen and oxygen atoms in total. The molecular weight excluding hydrogens is 321 g/mol. The number of rotatable bonds is 7. The normalized spacial score (nSPS) is 13.7. The lowest BCUT2D eigenvalue weighted by Gasteiger charge is -2.14. The first-order valence-corrected chi connectivity index (χ1v) is 8.70. The molecule has 0 heterocycles. The van der Waals surface area contributed by atoms with Gasteiger partial charge in [0.15, 0.2) is 0 Å². The molecule has 7 heteroatoms. The van der Waals surface area contributed by atoms with Crippen molar-refractivity contribution >= 4 is 33.2 Å². The van der Waals surface area contributed by atoms with Crippen LogP contribution >= 0.6 is 23.2 Å². The second-order valence-corrected chi connectivity index (χ2v) is 7.76. The molecule has 1 aromatic carbocycles. The van der Waals surface area contributed by atoms with Crippen LogP contribution in [0, 0.1) is 5.92 Å². The van der Waals surface area contributed by atoms with Crippen molar-refractivity contribution in [3.05, 3.63) is 33.8 Å². The van der Waals surface area contributed by atoms with Crippen LogP contribution in [0.2, 0.25) is 10.0 Å². The minimum Gasteiger partial charge on any atom is -0.392 e. The molecule has 1 rings (SSSR count). The smallest absolute Gasteiger partial charge is 0.215 e. The first-order valence-electron chi connectivity index (χ1n) is 6.29.